The summed E-state index contributed by atoms with van der Waals surface area (Å²) in [4.78, 5) is 12.1. The van der Waals surface area contributed by atoms with Gasteiger partial charge in [0.15, 0.2) is 18.1 Å². The second-order valence-corrected chi connectivity index (χ2v) is 8.32. The lowest BCUT2D eigenvalue weighted by Gasteiger charge is -2.14. The fourth-order valence-electron chi connectivity index (χ4n) is 2.42. The van der Waals surface area contributed by atoms with Crippen molar-refractivity contribution in [2.45, 2.75) is 18.2 Å². The molecule has 0 aliphatic rings. The smallest absolute Gasteiger partial charge is 0.257 e. The molecule has 0 bridgehead atoms. The quantitative estimate of drug-likeness (QED) is 0.563. The molecule has 1 amide bonds. The van der Waals surface area contributed by atoms with Gasteiger partial charge >= 0.3 is 0 Å². The summed E-state index contributed by atoms with van der Waals surface area (Å²) in [6.07, 6.45) is 0.515. The number of hydrogen-bond acceptors (Lipinski definition) is 6. The Labute approximate surface area is 177 Å². The average molecular weight is 482 g/mol. The molecule has 0 aliphatic carbocycles. The number of sulfonamides is 1. The molecule has 8 nitrogen and oxygen atoms in total. The summed E-state index contributed by atoms with van der Waals surface area (Å²) < 4.78 is 34.0. The van der Waals surface area contributed by atoms with E-state index >= 15 is 0 Å². The van der Waals surface area contributed by atoms with Crippen LogP contribution in [-0.4, -0.2) is 34.1 Å². The summed E-state index contributed by atoms with van der Waals surface area (Å²) in [6, 6.07) is 11.3. The molecule has 154 valence electrons. The van der Waals surface area contributed by atoms with Crippen molar-refractivity contribution in [2.75, 3.05) is 19.8 Å². The van der Waals surface area contributed by atoms with Gasteiger partial charge in [-0.3, -0.25) is 4.79 Å². The summed E-state index contributed by atoms with van der Waals surface area (Å²) in [6.45, 7) is 2.31. The predicted molar refractivity (Wildman–Crippen MR) is 110 cm³/mol. The molecule has 29 heavy (non-hydrogen) atoms. The van der Waals surface area contributed by atoms with E-state index in [-0.39, 0.29) is 17.4 Å². The molecule has 3 N–H and O–H groups in total. The predicted octanol–water partition coefficient (Wildman–Crippen LogP) is 2.10. The van der Waals surface area contributed by atoms with E-state index in [1.165, 1.54) is 12.1 Å². The number of carbonyl (C=O) groups excluding carboxylic acids is 1. The van der Waals surface area contributed by atoms with Crippen LogP contribution in [0.2, 0.25) is 0 Å². The molecular formula is C19H20BrN3O5S. The van der Waals surface area contributed by atoms with E-state index < -0.39 is 10.0 Å². The molecule has 0 unspecified atom stereocenters. The Bertz CT molecular complexity index is 1020. The zero-order valence-electron chi connectivity index (χ0n) is 15.6. The highest BCUT2D eigenvalue weighted by molar-refractivity contribution is 9.10. The number of hydrogen-bond donors (Lipinski definition) is 2. The first-order valence-electron chi connectivity index (χ1n) is 8.62. The van der Waals surface area contributed by atoms with Crippen molar-refractivity contribution in [3.8, 4) is 17.6 Å². The van der Waals surface area contributed by atoms with Crippen molar-refractivity contribution < 1.29 is 22.7 Å². The lowest BCUT2D eigenvalue weighted by molar-refractivity contribution is -0.123. The van der Waals surface area contributed by atoms with Gasteiger partial charge in [-0.1, -0.05) is 12.1 Å². The minimum Gasteiger partial charge on any atom is -0.490 e. The van der Waals surface area contributed by atoms with E-state index in [9.17, 15) is 13.2 Å². The van der Waals surface area contributed by atoms with Crippen LogP contribution in [0.25, 0.3) is 0 Å². The van der Waals surface area contributed by atoms with Gasteiger partial charge in [-0.05, 0) is 53.0 Å². The van der Waals surface area contributed by atoms with E-state index in [0.717, 1.165) is 5.56 Å². The number of ether oxygens (including phenoxy) is 2. The van der Waals surface area contributed by atoms with E-state index in [0.29, 0.717) is 41.1 Å². The van der Waals surface area contributed by atoms with Crippen LogP contribution in [0.1, 0.15) is 18.1 Å². The van der Waals surface area contributed by atoms with Crippen LogP contribution in [0.3, 0.4) is 0 Å². The first-order chi connectivity index (χ1) is 13.7. The Balaban J connectivity index is 1.88. The van der Waals surface area contributed by atoms with Crippen molar-refractivity contribution >= 4 is 31.9 Å². The average Bonchev–Trinajstić information content (AvgIpc) is 2.67. The van der Waals surface area contributed by atoms with Gasteiger partial charge in [-0.2, -0.15) is 5.26 Å². The highest BCUT2D eigenvalue weighted by Gasteiger charge is 2.14. The van der Waals surface area contributed by atoms with E-state index in [2.05, 4.69) is 21.2 Å². The summed E-state index contributed by atoms with van der Waals surface area (Å²) in [7, 11) is -3.72. The van der Waals surface area contributed by atoms with Gasteiger partial charge in [0.1, 0.15) is 0 Å². The number of nitriles is 1. The Hall–Kier alpha value is -2.61. The number of carbonyl (C=O) groups is 1. The molecule has 0 aliphatic heterocycles. The molecule has 2 rings (SSSR count). The third-order valence-electron chi connectivity index (χ3n) is 3.77. The van der Waals surface area contributed by atoms with Crippen molar-refractivity contribution in [1.82, 2.24) is 5.32 Å². The molecule has 0 aromatic heterocycles. The van der Waals surface area contributed by atoms with Gasteiger partial charge in [0.05, 0.1) is 27.6 Å². The van der Waals surface area contributed by atoms with Gasteiger partial charge in [-0.15, -0.1) is 0 Å². The van der Waals surface area contributed by atoms with Crippen LogP contribution in [0.5, 0.6) is 11.5 Å². The third-order valence-corrected chi connectivity index (χ3v) is 5.29. The molecule has 0 spiro atoms. The molecule has 2 aromatic rings. The molecule has 0 saturated carbocycles. The zero-order valence-corrected chi connectivity index (χ0v) is 18.0. The summed E-state index contributed by atoms with van der Waals surface area (Å²) in [5, 5.41) is 16.8. The molecule has 0 saturated heterocycles. The Morgan fingerprint density at radius 3 is 2.52 bits per heavy atom. The maximum Gasteiger partial charge on any atom is 0.257 e. The van der Waals surface area contributed by atoms with Crippen LogP contribution >= 0.6 is 15.9 Å². The third kappa shape index (κ3) is 6.74. The van der Waals surface area contributed by atoms with Gasteiger partial charge in [-0.25, -0.2) is 13.6 Å². The fraction of sp³-hybridized carbons (Fsp3) is 0.263. The number of primary sulfonamides is 1. The Morgan fingerprint density at radius 2 is 1.93 bits per heavy atom. The fourth-order valence-corrected chi connectivity index (χ4v) is 3.49. The zero-order chi connectivity index (χ0) is 21.4. The largest absolute Gasteiger partial charge is 0.490 e. The maximum absolute atomic E-state index is 12.1. The number of nitrogens with two attached hydrogens (primary N) is 1. The van der Waals surface area contributed by atoms with E-state index in [1.807, 2.05) is 6.07 Å². The summed E-state index contributed by atoms with van der Waals surface area (Å²) in [5.74, 6) is 0.394. The van der Waals surface area contributed by atoms with Gasteiger partial charge in [0.2, 0.25) is 10.0 Å². The van der Waals surface area contributed by atoms with Crippen molar-refractivity contribution in [2.24, 2.45) is 5.14 Å². The molecule has 2 aromatic carbocycles. The number of amides is 1. The van der Waals surface area contributed by atoms with Crippen molar-refractivity contribution in [3.63, 3.8) is 0 Å². The van der Waals surface area contributed by atoms with Crippen LogP contribution in [0.15, 0.2) is 45.8 Å². The standard InChI is InChI=1S/C19H20BrN3O5S/c1-2-27-17-10-14(11-21)9-16(20)19(17)28-12-18(24)23-8-7-13-3-5-15(6-4-13)29(22,25)26/h3-6,9-10H,2,7-8,12H2,1H3,(H,23,24)(H2,22,25,26). The Kier molecular flexibility index (Phi) is 8.01. The monoisotopic (exact) mass is 481 g/mol. The summed E-state index contributed by atoms with van der Waals surface area (Å²) >= 11 is 3.32. The van der Waals surface area contributed by atoms with Gasteiger partial charge in [0.25, 0.3) is 5.91 Å². The van der Waals surface area contributed by atoms with Gasteiger partial charge in [0, 0.05) is 12.6 Å². The van der Waals surface area contributed by atoms with Crippen molar-refractivity contribution in [1.29, 1.82) is 5.26 Å². The van der Waals surface area contributed by atoms with E-state index in [4.69, 9.17) is 19.9 Å². The van der Waals surface area contributed by atoms with Crippen LogP contribution < -0.4 is 19.9 Å². The second-order valence-electron chi connectivity index (χ2n) is 5.91. The number of nitrogens with one attached hydrogen (secondary N) is 1. The first-order valence-corrected chi connectivity index (χ1v) is 11.0. The highest BCUT2D eigenvalue weighted by Crippen LogP contribution is 2.36. The lowest BCUT2D eigenvalue weighted by atomic mass is 10.1. The second kappa shape index (κ2) is 10.2. The van der Waals surface area contributed by atoms with E-state index in [1.54, 1.807) is 31.2 Å². The SMILES string of the molecule is CCOc1cc(C#N)cc(Br)c1OCC(=O)NCCc1ccc(S(N)(=O)=O)cc1. The van der Waals surface area contributed by atoms with Crippen LogP contribution in [-0.2, 0) is 21.2 Å². The molecule has 0 heterocycles. The normalized spacial score (nSPS) is 10.8. The molecule has 10 heteroatoms. The molecular weight excluding hydrogens is 462 g/mol. The summed E-state index contributed by atoms with van der Waals surface area (Å²) in [5.41, 5.74) is 1.26. The number of nitrogens with zero attached hydrogens (tertiary/aromatic N) is 1. The maximum atomic E-state index is 12.1. The number of rotatable bonds is 9. The first kappa shape index (κ1) is 22.7. The van der Waals surface area contributed by atoms with Crippen LogP contribution in [0.4, 0.5) is 0 Å². The minimum atomic E-state index is -3.72. The topological polar surface area (TPSA) is 132 Å². The number of halogens is 1. The minimum absolute atomic E-state index is 0.0387. The molecule has 0 atom stereocenters. The van der Waals surface area contributed by atoms with Crippen molar-refractivity contribution in [3.05, 3.63) is 52.0 Å². The highest BCUT2D eigenvalue weighted by atomic mass is 79.9. The Morgan fingerprint density at radius 1 is 1.24 bits per heavy atom. The lowest BCUT2D eigenvalue weighted by Crippen LogP contribution is -2.30. The molecule has 0 radical (unpaired) electrons. The molecule has 0 fully saturated rings. The number of benzene rings is 2. The van der Waals surface area contributed by atoms with Crippen LogP contribution in [0, 0.1) is 11.3 Å². The van der Waals surface area contributed by atoms with Gasteiger partial charge < -0.3 is 14.8 Å².